The van der Waals surface area contributed by atoms with Crippen LogP contribution in [0.1, 0.15) is 18.1 Å². The van der Waals surface area contributed by atoms with Crippen LogP contribution in [0.2, 0.25) is 0 Å². The lowest BCUT2D eigenvalue weighted by atomic mass is 10.2. The molecule has 0 saturated carbocycles. The third-order valence-electron chi connectivity index (χ3n) is 2.28. The van der Waals surface area contributed by atoms with Crippen molar-refractivity contribution >= 4 is 19.7 Å². The third-order valence-corrected chi connectivity index (χ3v) is 4.79. The molecular formula is C11H16O4S2. The highest BCUT2D eigenvalue weighted by atomic mass is 32.2. The number of hydrogen-bond donors (Lipinski definition) is 0. The maximum absolute atomic E-state index is 11.4. The van der Waals surface area contributed by atoms with Crippen molar-refractivity contribution in [1.82, 2.24) is 0 Å². The molecule has 1 aromatic carbocycles. The van der Waals surface area contributed by atoms with Crippen molar-refractivity contribution in [2.45, 2.75) is 18.4 Å². The summed E-state index contributed by atoms with van der Waals surface area (Å²) in [5.41, 5.74) is 1.36. The van der Waals surface area contributed by atoms with E-state index in [9.17, 15) is 16.8 Å². The van der Waals surface area contributed by atoms with Crippen molar-refractivity contribution in [3.63, 3.8) is 0 Å². The quantitative estimate of drug-likeness (QED) is 0.809. The van der Waals surface area contributed by atoms with E-state index >= 15 is 0 Å². The monoisotopic (exact) mass is 276 g/mol. The van der Waals surface area contributed by atoms with Gasteiger partial charge < -0.3 is 0 Å². The van der Waals surface area contributed by atoms with Crippen molar-refractivity contribution < 1.29 is 16.8 Å². The van der Waals surface area contributed by atoms with Crippen LogP contribution < -0.4 is 0 Å². The van der Waals surface area contributed by atoms with E-state index in [0.29, 0.717) is 11.1 Å². The molecule has 1 rings (SSSR count). The van der Waals surface area contributed by atoms with Gasteiger partial charge in [-0.25, -0.2) is 16.8 Å². The van der Waals surface area contributed by atoms with Gasteiger partial charge in [0, 0.05) is 12.0 Å². The second kappa shape index (κ2) is 5.18. The average Bonchev–Trinajstić information content (AvgIpc) is 2.19. The fraction of sp³-hybridized carbons (Fsp3) is 0.455. The fourth-order valence-corrected chi connectivity index (χ4v) is 3.09. The van der Waals surface area contributed by atoms with Crippen LogP contribution >= 0.6 is 0 Å². The largest absolute Gasteiger partial charge is 0.229 e. The highest BCUT2D eigenvalue weighted by molar-refractivity contribution is 7.90. The number of hydrogen-bond acceptors (Lipinski definition) is 4. The predicted octanol–water partition coefficient (Wildman–Crippen LogP) is 1.17. The fourth-order valence-electron chi connectivity index (χ4n) is 1.39. The third kappa shape index (κ3) is 5.32. The highest BCUT2D eigenvalue weighted by Crippen LogP contribution is 2.11. The molecule has 17 heavy (non-hydrogen) atoms. The molecule has 0 aliphatic rings. The van der Waals surface area contributed by atoms with Crippen molar-refractivity contribution in [3.8, 4) is 0 Å². The zero-order chi connectivity index (χ0) is 13.1. The molecular weight excluding hydrogens is 260 g/mol. The van der Waals surface area contributed by atoms with Crippen LogP contribution in [0.5, 0.6) is 0 Å². The Kier molecular flexibility index (Phi) is 4.32. The number of sulfone groups is 2. The molecule has 0 saturated heterocycles. The first-order valence-corrected chi connectivity index (χ1v) is 9.06. The summed E-state index contributed by atoms with van der Waals surface area (Å²) >= 11 is 0. The topological polar surface area (TPSA) is 68.3 Å². The Hall–Kier alpha value is -0.880. The van der Waals surface area contributed by atoms with E-state index in [0.717, 1.165) is 0 Å². The Balaban J connectivity index is 2.82. The van der Waals surface area contributed by atoms with Crippen LogP contribution in [0.25, 0.3) is 0 Å². The molecule has 0 fully saturated rings. The van der Waals surface area contributed by atoms with Gasteiger partial charge in [-0.1, -0.05) is 31.2 Å². The SMILES string of the molecule is CCS(=O)(=O)Cc1ccc(CS(C)(=O)=O)cc1. The lowest BCUT2D eigenvalue weighted by Crippen LogP contribution is -2.07. The van der Waals surface area contributed by atoms with Crippen molar-refractivity contribution in [2.75, 3.05) is 12.0 Å². The van der Waals surface area contributed by atoms with E-state index < -0.39 is 19.7 Å². The van der Waals surface area contributed by atoms with E-state index in [1.54, 1.807) is 31.2 Å². The Bertz CT molecular complexity index is 568. The molecule has 0 bridgehead atoms. The molecule has 1 aromatic rings. The molecule has 0 N–H and O–H groups in total. The van der Waals surface area contributed by atoms with Gasteiger partial charge in [0.05, 0.1) is 11.5 Å². The van der Waals surface area contributed by atoms with Gasteiger partial charge in [0.25, 0.3) is 0 Å². The molecule has 0 aromatic heterocycles. The summed E-state index contributed by atoms with van der Waals surface area (Å²) in [6, 6.07) is 6.63. The molecule has 0 aliphatic carbocycles. The summed E-state index contributed by atoms with van der Waals surface area (Å²) in [6.07, 6.45) is 1.17. The normalized spacial score (nSPS) is 12.6. The minimum Gasteiger partial charge on any atom is -0.229 e. The highest BCUT2D eigenvalue weighted by Gasteiger charge is 2.09. The first kappa shape index (κ1) is 14.2. The summed E-state index contributed by atoms with van der Waals surface area (Å²) in [4.78, 5) is 0. The number of rotatable bonds is 5. The van der Waals surface area contributed by atoms with Gasteiger partial charge in [-0.2, -0.15) is 0 Å². The molecule has 4 nitrogen and oxygen atoms in total. The van der Waals surface area contributed by atoms with Crippen LogP contribution in [-0.2, 0) is 31.2 Å². The Morgan fingerprint density at radius 2 is 1.29 bits per heavy atom. The van der Waals surface area contributed by atoms with E-state index in [1.165, 1.54) is 6.26 Å². The van der Waals surface area contributed by atoms with Gasteiger partial charge >= 0.3 is 0 Å². The summed E-state index contributed by atoms with van der Waals surface area (Å²) in [5.74, 6) is 0.0918. The Morgan fingerprint density at radius 3 is 1.65 bits per heavy atom. The number of benzene rings is 1. The summed E-state index contributed by atoms with van der Waals surface area (Å²) in [5, 5.41) is 0. The zero-order valence-electron chi connectivity index (χ0n) is 9.88. The maximum Gasteiger partial charge on any atom is 0.154 e. The van der Waals surface area contributed by atoms with Crippen LogP contribution in [0, 0.1) is 0 Å². The van der Waals surface area contributed by atoms with Crippen LogP contribution in [0.15, 0.2) is 24.3 Å². The van der Waals surface area contributed by atoms with Gasteiger partial charge in [0.15, 0.2) is 19.7 Å². The second-order valence-corrected chi connectivity index (χ2v) is 8.56. The van der Waals surface area contributed by atoms with Crippen LogP contribution in [0.3, 0.4) is 0 Å². The van der Waals surface area contributed by atoms with Gasteiger partial charge in [-0.3, -0.25) is 0 Å². The van der Waals surface area contributed by atoms with Crippen molar-refractivity contribution in [1.29, 1.82) is 0 Å². The molecule has 0 amide bonds. The molecule has 6 heteroatoms. The molecule has 0 spiro atoms. The smallest absolute Gasteiger partial charge is 0.154 e. The van der Waals surface area contributed by atoms with Crippen LogP contribution in [0.4, 0.5) is 0 Å². The second-order valence-electron chi connectivity index (χ2n) is 4.06. The lowest BCUT2D eigenvalue weighted by Gasteiger charge is -2.03. The van der Waals surface area contributed by atoms with Crippen molar-refractivity contribution in [2.24, 2.45) is 0 Å². The minimum absolute atomic E-state index is 0.00263. The van der Waals surface area contributed by atoms with Gasteiger partial charge in [-0.15, -0.1) is 0 Å². The van der Waals surface area contributed by atoms with E-state index in [4.69, 9.17) is 0 Å². The van der Waals surface area contributed by atoms with E-state index in [2.05, 4.69) is 0 Å². The first-order chi connectivity index (χ1) is 7.72. The van der Waals surface area contributed by atoms with Crippen LogP contribution in [-0.4, -0.2) is 28.8 Å². The lowest BCUT2D eigenvalue weighted by molar-refractivity contribution is 0.595. The van der Waals surface area contributed by atoms with Gasteiger partial charge in [0.1, 0.15) is 0 Å². The molecule has 96 valence electrons. The summed E-state index contributed by atoms with van der Waals surface area (Å²) in [6.45, 7) is 1.60. The summed E-state index contributed by atoms with van der Waals surface area (Å²) < 4.78 is 44.9. The first-order valence-electron chi connectivity index (χ1n) is 5.18. The molecule has 0 aliphatic heterocycles. The average molecular weight is 276 g/mol. The summed E-state index contributed by atoms with van der Waals surface area (Å²) in [7, 11) is -6.09. The van der Waals surface area contributed by atoms with Gasteiger partial charge in [0.2, 0.25) is 0 Å². The van der Waals surface area contributed by atoms with E-state index in [-0.39, 0.29) is 17.3 Å². The molecule has 0 radical (unpaired) electrons. The predicted molar refractivity (Wildman–Crippen MR) is 68.2 cm³/mol. The standard InChI is InChI=1S/C11H16O4S2/c1-3-17(14,15)9-11-6-4-10(5-7-11)8-16(2,12)13/h4-7H,3,8-9H2,1-2H3. The van der Waals surface area contributed by atoms with Gasteiger partial charge in [-0.05, 0) is 11.1 Å². The Morgan fingerprint density at radius 1 is 0.882 bits per heavy atom. The molecule has 0 heterocycles. The zero-order valence-corrected chi connectivity index (χ0v) is 11.5. The van der Waals surface area contributed by atoms with Crippen molar-refractivity contribution in [3.05, 3.63) is 35.4 Å². The van der Waals surface area contributed by atoms with E-state index in [1.807, 2.05) is 0 Å². The maximum atomic E-state index is 11.4. The molecule has 0 unspecified atom stereocenters. The Labute approximate surface area is 103 Å². The molecule has 0 atom stereocenters. The minimum atomic E-state index is -3.05.